The molecule has 2 rings (SSSR count). The lowest BCUT2D eigenvalue weighted by atomic mass is 10.0. The van der Waals surface area contributed by atoms with E-state index in [-0.39, 0.29) is 0 Å². The molecule has 18 heavy (non-hydrogen) atoms. The molecule has 1 aromatic carbocycles. The van der Waals surface area contributed by atoms with Crippen molar-refractivity contribution in [3.63, 3.8) is 0 Å². The molecule has 0 heterocycles. The third-order valence-electron chi connectivity index (χ3n) is 3.76. The Morgan fingerprint density at radius 1 is 1.28 bits per heavy atom. The summed E-state index contributed by atoms with van der Waals surface area (Å²) in [4.78, 5) is 0. The highest BCUT2D eigenvalue weighted by Gasteiger charge is 2.41. The Morgan fingerprint density at radius 2 is 2.11 bits per heavy atom. The second-order valence-corrected chi connectivity index (χ2v) is 5.20. The fourth-order valence-electron chi connectivity index (χ4n) is 2.26. The standard InChI is InChI=1S/C15H23NO2/c1-17-9-8-15(6-7-15)12-16-11-13-4-3-5-14(10-13)18-2/h3-5,10,16H,6-9,11-12H2,1-2H3. The van der Waals surface area contributed by atoms with Crippen LogP contribution in [0.2, 0.25) is 0 Å². The first-order valence-electron chi connectivity index (χ1n) is 6.61. The summed E-state index contributed by atoms with van der Waals surface area (Å²) in [6.45, 7) is 2.88. The van der Waals surface area contributed by atoms with Crippen molar-refractivity contribution in [1.29, 1.82) is 0 Å². The summed E-state index contributed by atoms with van der Waals surface area (Å²) in [5.41, 5.74) is 1.78. The monoisotopic (exact) mass is 249 g/mol. The van der Waals surface area contributed by atoms with Gasteiger partial charge in [0.15, 0.2) is 0 Å². The van der Waals surface area contributed by atoms with Gasteiger partial charge in [-0.25, -0.2) is 0 Å². The summed E-state index contributed by atoms with van der Waals surface area (Å²) in [5, 5.41) is 3.55. The maximum Gasteiger partial charge on any atom is 0.119 e. The van der Waals surface area contributed by atoms with Crippen LogP contribution in [0.1, 0.15) is 24.8 Å². The molecule has 3 heteroatoms. The molecular formula is C15H23NO2. The lowest BCUT2D eigenvalue weighted by Gasteiger charge is -2.15. The van der Waals surface area contributed by atoms with E-state index in [1.54, 1.807) is 14.2 Å². The molecule has 0 spiro atoms. The Balaban J connectivity index is 1.74. The number of ether oxygens (including phenoxy) is 2. The SMILES string of the molecule is COCCC1(CNCc2cccc(OC)c2)CC1. The zero-order valence-electron chi connectivity index (χ0n) is 11.4. The zero-order valence-corrected chi connectivity index (χ0v) is 11.4. The predicted octanol–water partition coefficient (Wildman–Crippen LogP) is 2.60. The van der Waals surface area contributed by atoms with E-state index in [2.05, 4.69) is 17.4 Å². The maximum atomic E-state index is 5.22. The molecule has 1 aromatic rings. The third kappa shape index (κ3) is 3.72. The molecule has 0 amide bonds. The first kappa shape index (κ1) is 13.4. The number of methoxy groups -OCH3 is 2. The smallest absolute Gasteiger partial charge is 0.119 e. The van der Waals surface area contributed by atoms with Gasteiger partial charge in [0.05, 0.1) is 7.11 Å². The van der Waals surface area contributed by atoms with E-state index in [1.807, 2.05) is 12.1 Å². The Bertz CT molecular complexity index is 375. The molecule has 3 nitrogen and oxygen atoms in total. The van der Waals surface area contributed by atoms with E-state index in [4.69, 9.17) is 9.47 Å². The fraction of sp³-hybridized carbons (Fsp3) is 0.600. The van der Waals surface area contributed by atoms with Gasteiger partial charge in [-0.15, -0.1) is 0 Å². The van der Waals surface area contributed by atoms with Crippen LogP contribution in [0, 0.1) is 5.41 Å². The van der Waals surface area contributed by atoms with Gasteiger partial charge in [0, 0.05) is 26.8 Å². The van der Waals surface area contributed by atoms with Gasteiger partial charge >= 0.3 is 0 Å². The van der Waals surface area contributed by atoms with Crippen molar-refractivity contribution in [2.75, 3.05) is 27.4 Å². The van der Waals surface area contributed by atoms with Crippen molar-refractivity contribution in [3.8, 4) is 5.75 Å². The molecule has 0 aromatic heterocycles. The molecule has 0 radical (unpaired) electrons. The fourth-order valence-corrected chi connectivity index (χ4v) is 2.26. The minimum Gasteiger partial charge on any atom is -0.497 e. The van der Waals surface area contributed by atoms with Gasteiger partial charge in [-0.05, 0) is 42.4 Å². The minimum atomic E-state index is 0.509. The highest BCUT2D eigenvalue weighted by atomic mass is 16.5. The van der Waals surface area contributed by atoms with Crippen LogP contribution in [0.15, 0.2) is 24.3 Å². The summed E-state index contributed by atoms with van der Waals surface area (Å²) < 4.78 is 10.4. The lowest BCUT2D eigenvalue weighted by Crippen LogP contribution is -2.24. The molecule has 0 saturated heterocycles. The maximum absolute atomic E-state index is 5.22. The van der Waals surface area contributed by atoms with E-state index in [0.29, 0.717) is 5.41 Å². The van der Waals surface area contributed by atoms with Gasteiger partial charge in [-0.3, -0.25) is 0 Å². The topological polar surface area (TPSA) is 30.5 Å². The van der Waals surface area contributed by atoms with Crippen molar-refractivity contribution >= 4 is 0 Å². The second kappa shape index (κ2) is 6.21. The Hall–Kier alpha value is -1.06. The summed E-state index contributed by atoms with van der Waals surface area (Å²) in [7, 11) is 3.48. The molecule has 1 saturated carbocycles. The van der Waals surface area contributed by atoms with Crippen molar-refractivity contribution in [1.82, 2.24) is 5.32 Å². The van der Waals surface area contributed by atoms with E-state index < -0.39 is 0 Å². The van der Waals surface area contributed by atoms with Gasteiger partial charge in [-0.2, -0.15) is 0 Å². The molecule has 0 unspecified atom stereocenters. The van der Waals surface area contributed by atoms with E-state index >= 15 is 0 Å². The molecule has 0 aliphatic heterocycles. The van der Waals surface area contributed by atoms with Crippen LogP contribution in [-0.4, -0.2) is 27.4 Å². The molecule has 1 fully saturated rings. The Morgan fingerprint density at radius 3 is 2.78 bits per heavy atom. The summed E-state index contributed by atoms with van der Waals surface area (Å²) >= 11 is 0. The minimum absolute atomic E-state index is 0.509. The van der Waals surface area contributed by atoms with Gasteiger partial charge in [0.1, 0.15) is 5.75 Å². The first-order chi connectivity index (χ1) is 8.78. The van der Waals surface area contributed by atoms with Gasteiger partial charge in [0.2, 0.25) is 0 Å². The Labute approximate surface area is 109 Å². The predicted molar refractivity (Wildman–Crippen MR) is 72.9 cm³/mol. The van der Waals surface area contributed by atoms with E-state index in [0.717, 1.165) is 25.4 Å². The number of rotatable bonds is 8. The number of hydrogen-bond acceptors (Lipinski definition) is 3. The zero-order chi connectivity index (χ0) is 12.8. The van der Waals surface area contributed by atoms with E-state index in [9.17, 15) is 0 Å². The molecule has 0 atom stereocenters. The van der Waals surface area contributed by atoms with Gasteiger partial charge in [0.25, 0.3) is 0 Å². The van der Waals surface area contributed by atoms with Crippen LogP contribution in [0.4, 0.5) is 0 Å². The summed E-state index contributed by atoms with van der Waals surface area (Å²) in [6.07, 6.45) is 3.84. The van der Waals surface area contributed by atoms with Gasteiger partial charge in [-0.1, -0.05) is 12.1 Å². The molecule has 1 aliphatic carbocycles. The van der Waals surface area contributed by atoms with Crippen LogP contribution in [0.3, 0.4) is 0 Å². The van der Waals surface area contributed by atoms with Gasteiger partial charge < -0.3 is 14.8 Å². The molecule has 1 aliphatic rings. The highest BCUT2D eigenvalue weighted by Crippen LogP contribution is 2.48. The first-order valence-corrected chi connectivity index (χ1v) is 6.61. The second-order valence-electron chi connectivity index (χ2n) is 5.20. The van der Waals surface area contributed by atoms with Crippen molar-refractivity contribution in [2.45, 2.75) is 25.8 Å². The molecule has 100 valence electrons. The summed E-state index contributed by atoms with van der Waals surface area (Å²) in [5.74, 6) is 0.926. The number of benzene rings is 1. The average Bonchev–Trinajstić information content (AvgIpc) is 3.17. The van der Waals surface area contributed by atoms with Crippen molar-refractivity contribution in [3.05, 3.63) is 29.8 Å². The third-order valence-corrected chi connectivity index (χ3v) is 3.76. The largest absolute Gasteiger partial charge is 0.497 e. The van der Waals surface area contributed by atoms with Crippen molar-refractivity contribution < 1.29 is 9.47 Å². The van der Waals surface area contributed by atoms with Crippen LogP contribution in [0.25, 0.3) is 0 Å². The number of nitrogens with one attached hydrogen (secondary N) is 1. The average molecular weight is 249 g/mol. The normalized spacial score (nSPS) is 16.6. The molecular weight excluding hydrogens is 226 g/mol. The molecule has 0 bridgehead atoms. The highest BCUT2D eigenvalue weighted by molar-refractivity contribution is 5.28. The van der Waals surface area contributed by atoms with Crippen LogP contribution >= 0.6 is 0 Å². The van der Waals surface area contributed by atoms with Crippen LogP contribution in [0.5, 0.6) is 5.75 Å². The van der Waals surface area contributed by atoms with Crippen molar-refractivity contribution in [2.24, 2.45) is 5.41 Å². The summed E-state index contributed by atoms with van der Waals surface area (Å²) in [6, 6.07) is 8.23. The van der Waals surface area contributed by atoms with Crippen LogP contribution < -0.4 is 10.1 Å². The van der Waals surface area contributed by atoms with Crippen LogP contribution in [-0.2, 0) is 11.3 Å². The molecule has 1 N–H and O–H groups in total. The quantitative estimate of drug-likeness (QED) is 0.768. The lowest BCUT2D eigenvalue weighted by molar-refractivity contribution is 0.171. The number of hydrogen-bond donors (Lipinski definition) is 1. The Kier molecular flexibility index (Phi) is 4.61. The van der Waals surface area contributed by atoms with E-state index in [1.165, 1.54) is 24.8 Å².